The number of fused-ring (bicyclic) bond motifs is 3. The Hall–Kier alpha value is -1.39. The molecule has 0 spiro atoms. The highest BCUT2D eigenvalue weighted by Crippen LogP contribution is 2.27. The van der Waals surface area contributed by atoms with E-state index in [4.69, 9.17) is 23.2 Å². The number of aromatic nitrogens is 4. The molecule has 0 fully saturated rings. The third-order valence-electron chi connectivity index (χ3n) is 2.78. The minimum Gasteiger partial charge on any atom is -0.241 e. The van der Waals surface area contributed by atoms with Gasteiger partial charge in [0.1, 0.15) is 11.0 Å². The van der Waals surface area contributed by atoms with Crippen LogP contribution in [0.5, 0.6) is 0 Å². The molecule has 0 aliphatic rings. The predicted molar refractivity (Wildman–Crippen MR) is 72.3 cm³/mol. The van der Waals surface area contributed by atoms with Gasteiger partial charge in [0, 0.05) is 5.69 Å². The van der Waals surface area contributed by atoms with Crippen LogP contribution in [0.15, 0.2) is 12.1 Å². The van der Waals surface area contributed by atoms with Crippen LogP contribution in [0, 0.1) is 13.8 Å². The molecule has 3 aromatic rings. The van der Waals surface area contributed by atoms with Gasteiger partial charge in [0.2, 0.25) is 0 Å². The third kappa shape index (κ3) is 1.64. The summed E-state index contributed by atoms with van der Waals surface area (Å²) in [5, 5.41) is 5.65. The van der Waals surface area contributed by atoms with E-state index in [-0.39, 0.29) is 0 Å². The molecule has 18 heavy (non-hydrogen) atoms. The second kappa shape index (κ2) is 4.07. The van der Waals surface area contributed by atoms with Gasteiger partial charge in [-0.15, -0.1) is 11.6 Å². The maximum Gasteiger partial charge on any atom is 0.145 e. The van der Waals surface area contributed by atoms with E-state index in [1.807, 2.05) is 26.0 Å². The van der Waals surface area contributed by atoms with Crippen molar-refractivity contribution >= 4 is 39.6 Å². The second-order valence-corrected chi connectivity index (χ2v) is 4.82. The van der Waals surface area contributed by atoms with Crippen LogP contribution in [0.1, 0.15) is 17.2 Å². The smallest absolute Gasteiger partial charge is 0.145 e. The van der Waals surface area contributed by atoms with Gasteiger partial charge in [0.25, 0.3) is 0 Å². The minimum atomic E-state index is 0.298. The van der Waals surface area contributed by atoms with E-state index < -0.39 is 0 Å². The fourth-order valence-corrected chi connectivity index (χ4v) is 2.59. The lowest BCUT2D eigenvalue weighted by Crippen LogP contribution is -2.02. The van der Waals surface area contributed by atoms with Crippen LogP contribution in [-0.2, 0) is 5.88 Å². The quantitative estimate of drug-likeness (QED) is 0.508. The van der Waals surface area contributed by atoms with Crippen molar-refractivity contribution in [1.82, 2.24) is 19.6 Å². The molecule has 6 heteroatoms. The molecule has 0 aromatic carbocycles. The molecule has 0 unspecified atom stereocenters. The molecule has 0 amide bonds. The Labute approximate surface area is 114 Å². The van der Waals surface area contributed by atoms with Gasteiger partial charge in [-0.2, -0.15) is 5.10 Å². The Balaban J connectivity index is 2.58. The molecule has 0 saturated heterocycles. The molecular weight excluding hydrogens is 271 g/mol. The number of nitrogens with zero attached hydrogens (tertiary/aromatic N) is 4. The number of halogens is 2. The van der Waals surface area contributed by atoms with E-state index in [0.29, 0.717) is 16.9 Å². The van der Waals surface area contributed by atoms with E-state index in [2.05, 4.69) is 15.1 Å². The van der Waals surface area contributed by atoms with Crippen molar-refractivity contribution < 1.29 is 0 Å². The maximum absolute atomic E-state index is 6.22. The second-order valence-electron chi connectivity index (χ2n) is 4.19. The van der Waals surface area contributed by atoms with Crippen LogP contribution in [0.25, 0.3) is 16.4 Å². The lowest BCUT2D eigenvalue weighted by atomic mass is 10.2. The summed E-state index contributed by atoms with van der Waals surface area (Å²) < 4.78 is 1.73. The lowest BCUT2D eigenvalue weighted by Gasteiger charge is -2.07. The van der Waals surface area contributed by atoms with Crippen molar-refractivity contribution in [2.24, 2.45) is 0 Å². The summed E-state index contributed by atoms with van der Waals surface area (Å²) in [6.45, 7) is 3.81. The molecule has 0 saturated carbocycles. The molecule has 3 aromatic heterocycles. The first-order valence-corrected chi connectivity index (χ1v) is 6.39. The molecule has 4 nitrogen and oxygen atoms in total. The Morgan fingerprint density at radius 3 is 2.67 bits per heavy atom. The Morgan fingerprint density at radius 1 is 1.17 bits per heavy atom. The number of hydrogen-bond acceptors (Lipinski definition) is 3. The van der Waals surface area contributed by atoms with Gasteiger partial charge >= 0.3 is 0 Å². The number of aryl methyl sites for hydroxylation is 2. The number of hydrogen-bond donors (Lipinski definition) is 0. The van der Waals surface area contributed by atoms with Gasteiger partial charge in [0.15, 0.2) is 0 Å². The molecule has 0 atom stereocenters. The molecule has 0 aliphatic carbocycles. The molecule has 0 aliphatic heterocycles. The van der Waals surface area contributed by atoms with E-state index >= 15 is 0 Å². The van der Waals surface area contributed by atoms with E-state index in [0.717, 1.165) is 27.8 Å². The Bertz CT molecular complexity index is 764. The molecule has 0 bridgehead atoms. The minimum absolute atomic E-state index is 0.298. The van der Waals surface area contributed by atoms with Gasteiger partial charge in [0.05, 0.1) is 28.0 Å². The topological polar surface area (TPSA) is 43.1 Å². The van der Waals surface area contributed by atoms with Gasteiger partial charge in [-0.05, 0) is 26.0 Å². The molecule has 92 valence electrons. The average molecular weight is 281 g/mol. The Morgan fingerprint density at radius 2 is 1.94 bits per heavy atom. The average Bonchev–Trinajstić information content (AvgIpc) is 2.68. The van der Waals surface area contributed by atoms with Crippen molar-refractivity contribution in [3.63, 3.8) is 0 Å². The van der Waals surface area contributed by atoms with Crippen LogP contribution < -0.4 is 0 Å². The fraction of sp³-hybridized carbons (Fsp3) is 0.250. The fourth-order valence-electron chi connectivity index (χ4n) is 2.09. The van der Waals surface area contributed by atoms with Crippen LogP contribution in [0.3, 0.4) is 0 Å². The zero-order valence-electron chi connectivity index (χ0n) is 9.91. The maximum atomic E-state index is 6.22. The normalized spacial score (nSPS) is 11.6. The van der Waals surface area contributed by atoms with Crippen LogP contribution in [0.2, 0.25) is 5.15 Å². The molecule has 0 radical (unpaired) electrons. The molecule has 3 rings (SSSR count). The zero-order chi connectivity index (χ0) is 12.9. The van der Waals surface area contributed by atoms with Crippen molar-refractivity contribution in [3.8, 4) is 0 Å². The zero-order valence-corrected chi connectivity index (χ0v) is 11.4. The number of rotatable bonds is 1. The third-order valence-corrected chi connectivity index (χ3v) is 3.30. The van der Waals surface area contributed by atoms with Crippen molar-refractivity contribution in [1.29, 1.82) is 0 Å². The first-order chi connectivity index (χ1) is 8.60. The summed E-state index contributed by atoms with van der Waals surface area (Å²) in [4.78, 5) is 8.77. The van der Waals surface area contributed by atoms with E-state index in [1.165, 1.54) is 0 Å². The van der Waals surface area contributed by atoms with Gasteiger partial charge in [-0.25, -0.2) is 14.5 Å². The predicted octanol–water partition coefficient (Wildman–Crippen LogP) is 3.29. The summed E-state index contributed by atoms with van der Waals surface area (Å²) >= 11 is 12.1. The van der Waals surface area contributed by atoms with Gasteiger partial charge < -0.3 is 0 Å². The SMILES string of the molecule is Cc1cc2nc(CCl)n3nc(C)cc3c2c(Cl)n1. The molecule has 3 heterocycles. The van der Waals surface area contributed by atoms with Gasteiger partial charge in [-0.1, -0.05) is 11.6 Å². The Kier molecular flexibility index (Phi) is 2.64. The van der Waals surface area contributed by atoms with E-state index in [9.17, 15) is 0 Å². The van der Waals surface area contributed by atoms with E-state index in [1.54, 1.807) is 4.52 Å². The van der Waals surface area contributed by atoms with Crippen molar-refractivity contribution in [3.05, 3.63) is 34.5 Å². The van der Waals surface area contributed by atoms with Crippen LogP contribution in [-0.4, -0.2) is 19.6 Å². The first kappa shape index (κ1) is 11.7. The highest BCUT2D eigenvalue weighted by molar-refractivity contribution is 6.35. The number of alkyl halides is 1. The van der Waals surface area contributed by atoms with Crippen LogP contribution >= 0.6 is 23.2 Å². The summed E-state index contributed by atoms with van der Waals surface area (Å²) in [6, 6.07) is 3.86. The summed E-state index contributed by atoms with van der Waals surface area (Å²) in [5.41, 5.74) is 3.43. The lowest BCUT2D eigenvalue weighted by molar-refractivity contribution is 0.849. The largest absolute Gasteiger partial charge is 0.241 e. The van der Waals surface area contributed by atoms with Crippen LogP contribution in [0.4, 0.5) is 0 Å². The van der Waals surface area contributed by atoms with Gasteiger partial charge in [-0.3, -0.25) is 0 Å². The van der Waals surface area contributed by atoms with Crippen molar-refractivity contribution in [2.75, 3.05) is 0 Å². The number of pyridine rings is 1. The summed E-state index contributed by atoms with van der Waals surface area (Å²) in [6.07, 6.45) is 0. The summed E-state index contributed by atoms with van der Waals surface area (Å²) in [5.74, 6) is 1.00. The molecule has 0 N–H and O–H groups in total. The van der Waals surface area contributed by atoms with Crippen molar-refractivity contribution in [2.45, 2.75) is 19.7 Å². The summed E-state index contributed by atoms with van der Waals surface area (Å²) in [7, 11) is 0. The highest BCUT2D eigenvalue weighted by Gasteiger charge is 2.13. The standard InChI is InChI=1S/C12H10Cl2N4/c1-6-3-8-11(12(14)15-6)9-4-7(2)17-18(9)10(5-13)16-8/h3-4H,5H2,1-2H3. The molecular formula is C12H10Cl2N4. The highest BCUT2D eigenvalue weighted by atomic mass is 35.5. The monoisotopic (exact) mass is 280 g/mol. The first-order valence-electron chi connectivity index (χ1n) is 5.48.